The number of hydrogen-bond acceptors (Lipinski definition) is 13. The predicted octanol–water partition coefficient (Wildman–Crippen LogP) is 6.55. The van der Waals surface area contributed by atoms with E-state index in [1.54, 1.807) is 0 Å². The third-order valence-corrected chi connectivity index (χ3v) is 15.0. The van der Waals surface area contributed by atoms with Crippen molar-refractivity contribution >= 4 is 50.0 Å². The number of aliphatic hydroxyl groups is 1. The number of rotatable bonds is 10. The van der Waals surface area contributed by atoms with Gasteiger partial charge in [0.2, 0.25) is 21.5 Å². The number of aromatic nitrogens is 2. The van der Waals surface area contributed by atoms with Crippen LogP contribution >= 0.6 is 0 Å². The molecule has 3 amide bonds. The van der Waals surface area contributed by atoms with Crippen LogP contribution in [-0.2, 0) is 24.3 Å². The molecule has 9 rings (SSSR count). The molecule has 17 heteroatoms. The molecule has 5 aliphatic rings. The van der Waals surface area contributed by atoms with Gasteiger partial charge in [-0.2, -0.15) is 4.98 Å². The summed E-state index contributed by atoms with van der Waals surface area (Å²) >= 11 is 0. The molecule has 0 spiro atoms. The minimum Gasteiger partial charge on any atom is -0.491 e. The Hall–Kier alpha value is -5.26. The SMILES string of the molecule is CC(C)Oc1ccc(-c2nc(O[C@@H]3C[C@H]4C(O)N[C@]5(C(=O)NS(=O)(=O)C6CC6)CC/C(=C/CCCCC[C@H](NC(=O)OC6CCCC6)C(=O)N4C3)C5)c3oc4ccccc4c3n2)cc1. The van der Waals surface area contributed by atoms with Gasteiger partial charge in [-0.1, -0.05) is 36.6 Å². The molecule has 16 nitrogen and oxygen atoms in total. The van der Waals surface area contributed by atoms with Crippen LogP contribution in [0, 0.1) is 0 Å². The summed E-state index contributed by atoms with van der Waals surface area (Å²) in [4.78, 5) is 53.8. The van der Waals surface area contributed by atoms with E-state index in [9.17, 15) is 27.9 Å². The van der Waals surface area contributed by atoms with Crippen LogP contribution in [-0.4, -0.2) is 100 Å². The first-order valence-electron chi connectivity index (χ1n) is 22.9. The minimum atomic E-state index is -3.91. The molecule has 3 aliphatic carbocycles. The summed E-state index contributed by atoms with van der Waals surface area (Å²) in [7, 11) is -3.91. The normalized spacial score (nSPS) is 26.8. The van der Waals surface area contributed by atoms with Crippen LogP contribution in [0.15, 0.2) is 64.6 Å². The smallest absolute Gasteiger partial charge is 0.408 e. The predicted molar refractivity (Wildman–Crippen MR) is 238 cm³/mol. The Morgan fingerprint density at radius 1 is 0.969 bits per heavy atom. The molecule has 3 saturated carbocycles. The summed E-state index contributed by atoms with van der Waals surface area (Å²) in [5.74, 6) is 0.0529. The number of sulfonamides is 1. The number of amides is 3. The number of para-hydroxylation sites is 1. The van der Waals surface area contributed by atoms with Gasteiger partial charge in [0.15, 0.2) is 5.82 Å². The van der Waals surface area contributed by atoms with Crippen molar-refractivity contribution in [1.29, 1.82) is 0 Å². The van der Waals surface area contributed by atoms with Crippen molar-refractivity contribution in [1.82, 2.24) is 30.2 Å². The summed E-state index contributed by atoms with van der Waals surface area (Å²) < 4.78 is 53.3. The van der Waals surface area contributed by atoms with Gasteiger partial charge in [-0.3, -0.25) is 19.6 Å². The maximum Gasteiger partial charge on any atom is 0.408 e. The molecule has 4 aromatic rings. The minimum absolute atomic E-state index is 0.00702. The first-order valence-corrected chi connectivity index (χ1v) is 24.5. The number of furan rings is 1. The van der Waals surface area contributed by atoms with Crippen LogP contribution in [0.2, 0.25) is 0 Å². The molecule has 4 fully saturated rings. The molecular weight excluding hydrogens is 841 g/mol. The Kier molecular flexibility index (Phi) is 12.6. The summed E-state index contributed by atoms with van der Waals surface area (Å²) in [6.45, 7) is 3.90. The fraction of sp³-hybridized carbons (Fsp3) is 0.553. The van der Waals surface area contributed by atoms with Gasteiger partial charge in [0.1, 0.15) is 46.9 Å². The van der Waals surface area contributed by atoms with Gasteiger partial charge in [-0.15, -0.1) is 0 Å². The van der Waals surface area contributed by atoms with Crippen LogP contribution in [0.3, 0.4) is 0 Å². The van der Waals surface area contributed by atoms with Gasteiger partial charge in [0, 0.05) is 17.4 Å². The van der Waals surface area contributed by atoms with Gasteiger partial charge < -0.3 is 34.0 Å². The second kappa shape index (κ2) is 18.3. The zero-order valence-corrected chi connectivity index (χ0v) is 37.2. The van der Waals surface area contributed by atoms with Crippen LogP contribution in [0.5, 0.6) is 11.6 Å². The van der Waals surface area contributed by atoms with Crippen molar-refractivity contribution < 1.29 is 46.5 Å². The lowest BCUT2D eigenvalue weighted by molar-refractivity contribution is -0.138. The Bertz CT molecular complexity index is 2520. The fourth-order valence-electron chi connectivity index (χ4n) is 9.68. The number of benzene rings is 2. The topological polar surface area (TPSA) is 212 Å². The number of allylic oxidation sites excluding steroid dienone is 1. The number of hydrogen-bond donors (Lipinski definition) is 4. The van der Waals surface area contributed by atoms with E-state index in [2.05, 4.69) is 21.4 Å². The number of nitrogens with one attached hydrogen (secondary N) is 3. The molecule has 2 aliphatic heterocycles. The molecular formula is C47H58N6O10S. The Balaban J connectivity index is 1.06. The van der Waals surface area contributed by atoms with Crippen molar-refractivity contribution in [2.75, 3.05) is 6.54 Å². The first-order chi connectivity index (χ1) is 30.8. The van der Waals surface area contributed by atoms with Crippen molar-refractivity contribution in [2.45, 2.75) is 158 Å². The second-order valence-electron chi connectivity index (χ2n) is 18.4. The van der Waals surface area contributed by atoms with Crippen LogP contribution < -0.4 is 24.8 Å². The van der Waals surface area contributed by atoms with E-state index in [1.165, 1.54) is 4.90 Å². The summed E-state index contributed by atoms with van der Waals surface area (Å²) in [6, 6.07) is 13.0. The molecule has 4 heterocycles. The summed E-state index contributed by atoms with van der Waals surface area (Å²) in [5, 5.41) is 18.5. The van der Waals surface area contributed by atoms with Crippen molar-refractivity contribution in [3.63, 3.8) is 0 Å². The highest BCUT2D eigenvalue weighted by molar-refractivity contribution is 7.91. The van der Waals surface area contributed by atoms with Gasteiger partial charge in [0.25, 0.3) is 11.8 Å². The first kappa shape index (κ1) is 44.0. The van der Waals surface area contributed by atoms with E-state index < -0.39 is 63.1 Å². The number of aliphatic hydroxyl groups excluding tert-OH is 1. The number of alkyl carbamates (subject to hydrolysis) is 1. The molecule has 1 saturated heterocycles. The van der Waals surface area contributed by atoms with E-state index >= 15 is 0 Å². The van der Waals surface area contributed by atoms with Crippen molar-refractivity contribution in [3.8, 4) is 23.0 Å². The molecule has 0 radical (unpaired) electrons. The number of ether oxygens (including phenoxy) is 3. The Labute approximate surface area is 372 Å². The summed E-state index contributed by atoms with van der Waals surface area (Å²) in [5.41, 5.74) is 1.66. The average Bonchev–Trinajstić information content (AvgIpc) is 3.53. The lowest BCUT2D eigenvalue weighted by atomic mass is 9.94. The van der Waals surface area contributed by atoms with Crippen LogP contribution in [0.25, 0.3) is 33.5 Å². The maximum atomic E-state index is 14.9. The van der Waals surface area contributed by atoms with Crippen molar-refractivity contribution in [2.24, 2.45) is 0 Å². The monoisotopic (exact) mass is 898 g/mol. The van der Waals surface area contributed by atoms with Gasteiger partial charge >= 0.3 is 6.09 Å². The standard InChI is InChI=1S/C47H58N6O10S/c1-28(2)60-32-19-17-30(18-20-32)41-49-39-35-14-9-10-16-38(35)63-40(39)43(50-41)61-33-25-37-42(54)51-47(45(56)52-64(58,59)34-21-22-34)24-23-29(26-47)11-5-3-4-6-15-36(44(55)53(37)27-33)48-46(57)62-31-12-7-8-13-31/h9-11,14,16-20,28,31,33-34,36-37,42,51,54H,3-8,12-13,15,21-27H2,1-2H3,(H,48,57)(H,52,56)/b29-11-/t33-,36+,37+,42?,47-/m1/s1. The third kappa shape index (κ3) is 9.57. The van der Waals surface area contributed by atoms with E-state index in [0.717, 1.165) is 55.9 Å². The zero-order chi connectivity index (χ0) is 44.6. The lowest BCUT2D eigenvalue weighted by Crippen LogP contribution is -2.64. The highest BCUT2D eigenvalue weighted by Gasteiger charge is 2.51. The van der Waals surface area contributed by atoms with E-state index in [0.29, 0.717) is 65.9 Å². The molecule has 2 aromatic heterocycles. The Morgan fingerprint density at radius 3 is 2.50 bits per heavy atom. The molecule has 1 unspecified atom stereocenters. The quantitative estimate of drug-likeness (QED) is 0.125. The van der Waals surface area contributed by atoms with E-state index in [-0.39, 0.29) is 43.9 Å². The zero-order valence-electron chi connectivity index (χ0n) is 36.4. The molecule has 4 N–H and O–H groups in total. The van der Waals surface area contributed by atoms with Gasteiger partial charge in [-0.05, 0) is 127 Å². The molecule has 342 valence electrons. The van der Waals surface area contributed by atoms with Crippen molar-refractivity contribution in [3.05, 3.63) is 60.2 Å². The van der Waals surface area contributed by atoms with Gasteiger partial charge in [0.05, 0.1) is 23.9 Å². The maximum absolute atomic E-state index is 14.9. The van der Waals surface area contributed by atoms with E-state index in [4.69, 9.17) is 28.6 Å². The summed E-state index contributed by atoms with van der Waals surface area (Å²) in [6.07, 6.45) is 7.79. The van der Waals surface area contributed by atoms with Gasteiger partial charge in [-0.25, -0.2) is 18.2 Å². The molecule has 64 heavy (non-hydrogen) atoms. The highest BCUT2D eigenvalue weighted by Crippen LogP contribution is 2.40. The Morgan fingerprint density at radius 2 is 1.73 bits per heavy atom. The molecule has 5 atom stereocenters. The van der Waals surface area contributed by atoms with Crippen LogP contribution in [0.1, 0.15) is 110 Å². The fourth-order valence-corrected chi connectivity index (χ4v) is 11.1. The average molecular weight is 899 g/mol. The third-order valence-electron chi connectivity index (χ3n) is 13.2. The number of carbonyl (C=O) groups is 3. The number of carbonyl (C=O) groups excluding carboxylic acids is 3. The van der Waals surface area contributed by atoms with E-state index in [1.807, 2.05) is 62.4 Å². The van der Waals surface area contributed by atoms with Crippen LogP contribution in [0.4, 0.5) is 4.79 Å². The highest BCUT2D eigenvalue weighted by atomic mass is 32.2. The number of fused-ring (bicyclic) bond motifs is 6. The lowest BCUT2D eigenvalue weighted by Gasteiger charge is -2.37. The number of nitrogens with zero attached hydrogens (tertiary/aromatic N) is 3. The largest absolute Gasteiger partial charge is 0.491 e. The second-order valence-corrected chi connectivity index (χ2v) is 20.3. The molecule has 2 aromatic carbocycles. The molecule has 2 bridgehead atoms.